The van der Waals surface area contributed by atoms with Gasteiger partial charge in [-0.3, -0.25) is 4.98 Å². The van der Waals surface area contributed by atoms with Crippen LogP contribution in [0, 0.1) is 0 Å². The zero-order chi connectivity index (χ0) is 10.7. The van der Waals surface area contributed by atoms with Crippen molar-refractivity contribution in [2.24, 2.45) is 0 Å². The summed E-state index contributed by atoms with van der Waals surface area (Å²) in [6.07, 6.45) is 4.52. The molecule has 3 heterocycles. The van der Waals surface area contributed by atoms with Gasteiger partial charge < -0.3 is 10.3 Å². The van der Waals surface area contributed by atoms with Gasteiger partial charge in [0.15, 0.2) is 5.65 Å². The summed E-state index contributed by atoms with van der Waals surface area (Å²) in [5, 5.41) is 3.32. The molecule has 0 saturated heterocycles. The first kappa shape index (κ1) is 13.2. The van der Waals surface area contributed by atoms with Gasteiger partial charge in [0.2, 0.25) is 0 Å². The number of nitrogens with one attached hydrogen (secondary N) is 2. The summed E-state index contributed by atoms with van der Waals surface area (Å²) in [5.41, 5.74) is 4.53. The zero-order valence-corrected chi connectivity index (χ0v) is 11.0. The van der Waals surface area contributed by atoms with Crippen molar-refractivity contribution in [1.29, 1.82) is 0 Å². The third-order valence-electron chi connectivity index (χ3n) is 2.47. The van der Waals surface area contributed by atoms with Gasteiger partial charge in [0, 0.05) is 48.8 Å². The second-order valence-corrected chi connectivity index (χ2v) is 3.26. The van der Waals surface area contributed by atoms with Gasteiger partial charge in [0.1, 0.15) is 5.52 Å². The quantitative estimate of drug-likeness (QED) is 0.752. The van der Waals surface area contributed by atoms with Crippen LogP contribution in [0.3, 0.4) is 0 Å². The molecule has 0 fully saturated rings. The Bertz CT molecular complexity index is 452. The first-order valence-corrected chi connectivity index (χ1v) is 5.46. The van der Waals surface area contributed by atoms with Crippen molar-refractivity contribution < 1.29 is 18.6 Å². The van der Waals surface area contributed by atoms with Crippen molar-refractivity contribution in [3.63, 3.8) is 0 Å². The van der Waals surface area contributed by atoms with E-state index in [4.69, 9.17) is 0 Å². The Labute approximate surface area is 107 Å². The normalized spacial score (nSPS) is 13.4. The fourth-order valence-electron chi connectivity index (χ4n) is 1.86. The van der Waals surface area contributed by atoms with E-state index in [1.807, 2.05) is 13.8 Å². The smallest absolute Gasteiger partial charge is 0.156 e. The Morgan fingerprint density at radius 3 is 2.75 bits per heavy atom. The second-order valence-electron chi connectivity index (χ2n) is 3.26. The van der Waals surface area contributed by atoms with Gasteiger partial charge >= 0.3 is 0 Å². The fourth-order valence-corrected chi connectivity index (χ4v) is 1.86. The van der Waals surface area contributed by atoms with Crippen molar-refractivity contribution in [2.75, 3.05) is 6.54 Å². The minimum atomic E-state index is 0. The molecule has 3 rings (SSSR count). The fraction of sp³-hybridized carbons (Fsp3) is 0.455. The van der Waals surface area contributed by atoms with E-state index in [1.165, 1.54) is 11.3 Å². The van der Waals surface area contributed by atoms with Crippen LogP contribution in [-0.4, -0.2) is 21.5 Å². The van der Waals surface area contributed by atoms with Crippen LogP contribution in [0.1, 0.15) is 25.1 Å². The standard InChI is InChI=1S/C9H10N4.C2H6.V/c1-2-10-5-7-6(1)8-9(13-7)12-4-3-11-8;1-2;/h3-4,10H,1-2,5H2,(H,12,13);1-2H3;. The van der Waals surface area contributed by atoms with Crippen molar-refractivity contribution in [3.8, 4) is 0 Å². The number of hydrogen-bond acceptors (Lipinski definition) is 3. The predicted octanol–water partition coefficient (Wildman–Crippen LogP) is 1.63. The molecular formula is C11H16N4V. The third kappa shape index (κ3) is 2.29. The molecule has 16 heavy (non-hydrogen) atoms. The van der Waals surface area contributed by atoms with E-state index in [9.17, 15) is 0 Å². The van der Waals surface area contributed by atoms with Gasteiger partial charge in [-0.2, -0.15) is 0 Å². The maximum Gasteiger partial charge on any atom is 0.156 e. The first-order valence-electron chi connectivity index (χ1n) is 5.46. The van der Waals surface area contributed by atoms with E-state index < -0.39 is 0 Å². The molecule has 1 radical (unpaired) electrons. The van der Waals surface area contributed by atoms with Crippen molar-refractivity contribution in [3.05, 3.63) is 23.7 Å². The molecule has 85 valence electrons. The van der Waals surface area contributed by atoms with Gasteiger partial charge in [-0.15, -0.1) is 0 Å². The molecule has 0 unspecified atom stereocenters. The summed E-state index contributed by atoms with van der Waals surface area (Å²) in [6, 6.07) is 0. The van der Waals surface area contributed by atoms with Crippen molar-refractivity contribution in [2.45, 2.75) is 26.8 Å². The van der Waals surface area contributed by atoms with E-state index >= 15 is 0 Å². The van der Waals surface area contributed by atoms with Gasteiger partial charge in [-0.1, -0.05) is 13.8 Å². The average Bonchev–Trinajstić information content (AvgIpc) is 2.70. The summed E-state index contributed by atoms with van der Waals surface area (Å²) >= 11 is 0. The number of nitrogens with zero attached hydrogens (tertiary/aromatic N) is 2. The topological polar surface area (TPSA) is 53.6 Å². The van der Waals surface area contributed by atoms with Crippen molar-refractivity contribution >= 4 is 11.2 Å². The summed E-state index contributed by atoms with van der Waals surface area (Å²) in [6.45, 7) is 5.95. The van der Waals surface area contributed by atoms with Crippen molar-refractivity contribution in [1.82, 2.24) is 20.3 Å². The molecule has 0 aromatic carbocycles. The molecule has 2 aromatic heterocycles. The minimum Gasteiger partial charge on any atom is -0.340 e. The summed E-state index contributed by atoms with van der Waals surface area (Å²) in [5.74, 6) is 0. The summed E-state index contributed by atoms with van der Waals surface area (Å²) in [4.78, 5) is 11.9. The number of aromatic nitrogens is 3. The van der Waals surface area contributed by atoms with Crippen LogP contribution in [0.15, 0.2) is 12.4 Å². The summed E-state index contributed by atoms with van der Waals surface area (Å²) < 4.78 is 0. The van der Waals surface area contributed by atoms with E-state index in [-0.39, 0.29) is 18.6 Å². The molecule has 0 atom stereocenters. The third-order valence-corrected chi connectivity index (χ3v) is 2.47. The average molecular weight is 255 g/mol. The Kier molecular flexibility index (Phi) is 4.99. The van der Waals surface area contributed by atoms with E-state index in [1.54, 1.807) is 12.4 Å². The maximum atomic E-state index is 4.33. The minimum absolute atomic E-state index is 0. The molecule has 1 aliphatic rings. The molecule has 2 aromatic rings. The monoisotopic (exact) mass is 255 g/mol. The number of rotatable bonds is 0. The van der Waals surface area contributed by atoms with Crippen LogP contribution in [0.2, 0.25) is 0 Å². The SMILES string of the molecule is CC.[V].c1cnc2c3c([nH]c2n1)CNCC3. The number of H-pyrrole nitrogens is 1. The first-order chi connectivity index (χ1) is 7.45. The Morgan fingerprint density at radius 2 is 1.94 bits per heavy atom. The van der Waals surface area contributed by atoms with Gasteiger partial charge in [-0.05, 0) is 13.0 Å². The number of fused-ring (bicyclic) bond motifs is 3. The molecule has 0 spiro atoms. The second kappa shape index (κ2) is 6.04. The summed E-state index contributed by atoms with van der Waals surface area (Å²) in [7, 11) is 0. The predicted molar refractivity (Wildman–Crippen MR) is 60.6 cm³/mol. The molecule has 0 aliphatic carbocycles. The molecule has 5 heteroatoms. The number of aromatic amines is 1. The van der Waals surface area contributed by atoms with E-state index in [2.05, 4.69) is 20.3 Å². The maximum absolute atomic E-state index is 4.33. The van der Waals surface area contributed by atoms with Gasteiger partial charge in [-0.25, -0.2) is 4.98 Å². The van der Waals surface area contributed by atoms with Crippen LogP contribution in [-0.2, 0) is 31.5 Å². The zero-order valence-electron chi connectivity index (χ0n) is 9.62. The molecule has 1 aliphatic heterocycles. The van der Waals surface area contributed by atoms with Crippen LogP contribution >= 0.6 is 0 Å². The van der Waals surface area contributed by atoms with Crippen LogP contribution < -0.4 is 5.32 Å². The molecule has 0 saturated carbocycles. The van der Waals surface area contributed by atoms with Gasteiger partial charge in [0.05, 0.1) is 0 Å². The molecular weight excluding hydrogens is 239 g/mol. The molecule has 0 amide bonds. The number of hydrogen-bond donors (Lipinski definition) is 2. The van der Waals surface area contributed by atoms with E-state index in [0.717, 1.165) is 30.7 Å². The molecule has 0 bridgehead atoms. The van der Waals surface area contributed by atoms with Gasteiger partial charge in [0.25, 0.3) is 0 Å². The van der Waals surface area contributed by atoms with Crippen LogP contribution in [0.25, 0.3) is 11.2 Å². The molecule has 4 nitrogen and oxygen atoms in total. The van der Waals surface area contributed by atoms with Crippen LogP contribution in [0.4, 0.5) is 0 Å². The van der Waals surface area contributed by atoms with E-state index in [0.29, 0.717) is 0 Å². The Balaban J connectivity index is 0.000000406. The largest absolute Gasteiger partial charge is 0.340 e. The molecule has 2 N–H and O–H groups in total. The Morgan fingerprint density at radius 1 is 1.19 bits per heavy atom. The Hall–Kier alpha value is -0.836. The van der Waals surface area contributed by atoms with Crippen LogP contribution in [0.5, 0.6) is 0 Å².